The zero-order valence-electron chi connectivity index (χ0n) is 10.4. The van der Waals surface area contributed by atoms with E-state index in [1.165, 1.54) is 24.3 Å². The van der Waals surface area contributed by atoms with Crippen LogP contribution < -0.4 is 10.5 Å². The summed E-state index contributed by atoms with van der Waals surface area (Å²) in [5, 5.41) is 9.03. The molecule has 0 bridgehead atoms. The lowest BCUT2D eigenvalue weighted by Gasteiger charge is -2.12. The standard InChI is InChI=1S/C14H8ClF3N2O/c15-12-6-9(20)1-4-13(12)21-10-2-3-11(14(16,17)18)8(5-10)7-19/h1-6H,20H2. The molecule has 2 N–H and O–H groups in total. The first kappa shape index (κ1) is 15.0. The minimum atomic E-state index is -4.59. The lowest BCUT2D eigenvalue weighted by Crippen LogP contribution is -2.07. The van der Waals surface area contributed by atoms with Crippen molar-refractivity contribution in [1.82, 2.24) is 0 Å². The molecular weight excluding hydrogens is 305 g/mol. The Morgan fingerprint density at radius 3 is 2.43 bits per heavy atom. The van der Waals surface area contributed by atoms with Crippen LogP contribution >= 0.6 is 11.6 Å². The number of anilines is 1. The molecule has 3 nitrogen and oxygen atoms in total. The molecule has 2 rings (SSSR count). The van der Waals surface area contributed by atoms with Gasteiger partial charge >= 0.3 is 6.18 Å². The average Bonchev–Trinajstić information content (AvgIpc) is 2.40. The summed E-state index contributed by atoms with van der Waals surface area (Å²) in [6.45, 7) is 0. The molecule has 0 aromatic heterocycles. The van der Waals surface area contributed by atoms with E-state index in [4.69, 9.17) is 27.3 Å². The number of halogens is 4. The summed E-state index contributed by atoms with van der Waals surface area (Å²) < 4.78 is 43.4. The van der Waals surface area contributed by atoms with E-state index in [1.54, 1.807) is 0 Å². The van der Waals surface area contributed by atoms with Crippen LogP contribution in [0.5, 0.6) is 11.5 Å². The van der Waals surface area contributed by atoms with Crippen LogP contribution in [-0.2, 0) is 6.18 Å². The van der Waals surface area contributed by atoms with Crippen LogP contribution in [0.4, 0.5) is 18.9 Å². The molecule has 0 aliphatic heterocycles. The number of rotatable bonds is 2. The smallest absolute Gasteiger partial charge is 0.417 e. The third-order valence-electron chi connectivity index (χ3n) is 2.60. The lowest BCUT2D eigenvalue weighted by atomic mass is 10.1. The van der Waals surface area contributed by atoms with Gasteiger partial charge in [-0.2, -0.15) is 18.4 Å². The van der Waals surface area contributed by atoms with Crippen molar-refractivity contribution in [3.8, 4) is 17.6 Å². The van der Waals surface area contributed by atoms with Gasteiger partial charge in [-0.1, -0.05) is 11.6 Å². The Bertz CT molecular complexity index is 723. The first-order chi connectivity index (χ1) is 9.81. The maximum atomic E-state index is 12.7. The Hall–Kier alpha value is -2.39. The summed E-state index contributed by atoms with van der Waals surface area (Å²) in [4.78, 5) is 0. The van der Waals surface area contributed by atoms with Crippen LogP contribution in [0.1, 0.15) is 11.1 Å². The zero-order chi connectivity index (χ0) is 15.6. The number of nitrogen functional groups attached to an aromatic ring is 1. The highest BCUT2D eigenvalue weighted by atomic mass is 35.5. The molecule has 0 heterocycles. The van der Waals surface area contributed by atoms with Gasteiger partial charge in [0.25, 0.3) is 0 Å². The summed E-state index contributed by atoms with van der Waals surface area (Å²) >= 11 is 5.91. The molecule has 0 saturated heterocycles. The van der Waals surface area contributed by atoms with Crippen molar-refractivity contribution in [3.63, 3.8) is 0 Å². The molecule has 2 aromatic carbocycles. The van der Waals surface area contributed by atoms with Gasteiger partial charge in [0.2, 0.25) is 0 Å². The number of hydrogen-bond acceptors (Lipinski definition) is 3. The summed E-state index contributed by atoms with van der Waals surface area (Å²) in [6.07, 6.45) is -4.59. The van der Waals surface area contributed by atoms with Crippen molar-refractivity contribution < 1.29 is 17.9 Å². The predicted octanol–water partition coefficient (Wildman–Crippen LogP) is 4.60. The second-order valence-corrected chi connectivity index (χ2v) is 4.52. The topological polar surface area (TPSA) is 59.0 Å². The molecule has 0 amide bonds. The molecule has 0 fully saturated rings. The Kier molecular flexibility index (Phi) is 3.96. The summed E-state index contributed by atoms with van der Waals surface area (Å²) in [5.74, 6) is 0.306. The van der Waals surface area contributed by atoms with Crippen LogP contribution in [0, 0.1) is 11.3 Å². The summed E-state index contributed by atoms with van der Waals surface area (Å²) in [6, 6.07) is 8.90. The maximum absolute atomic E-state index is 12.7. The Morgan fingerprint density at radius 2 is 1.86 bits per heavy atom. The van der Waals surface area contributed by atoms with Gasteiger partial charge in [0.05, 0.1) is 22.2 Å². The second-order valence-electron chi connectivity index (χ2n) is 4.11. The third kappa shape index (κ3) is 3.38. The Balaban J connectivity index is 2.36. The van der Waals surface area contributed by atoms with E-state index in [9.17, 15) is 13.2 Å². The van der Waals surface area contributed by atoms with Crippen LogP contribution in [-0.4, -0.2) is 0 Å². The van der Waals surface area contributed by atoms with Gasteiger partial charge in [-0.25, -0.2) is 0 Å². The lowest BCUT2D eigenvalue weighted by molar-refractivity contribution is -0.137. The van der Waals surface area contributed by atoms with E-state index in [0.717, 1.165) is 18.2 Å². The molecule has 108 valence electrons. The number of alkyl halides is 3. The fourth-order valence-electron chi connectivity index (χ4n) is 1.65. The molecule has 7 heteroatoms. The van der Waals surface area contributed by atoms with E-state index in [1.807, 2.05) is 0 Å². The number of benzene rings is 2. The van der Waals surface area contributed by atoms with Gasteiger partial charge in [-0.15, -0.1) is 0 Å². The van der Waals surface area contributed by atoms with Crippen LogP contribution in [0.2, 0.25) is 5.02 Å². The molecule has 0 spiro atoms. The number of nitrogens with zero attached hydrogens (tertiary/aromatic N) is 1. The van der Waals surface area contributed by atoms with E-state index < -0.39 is 17.3 Å². The van der Waals surface area contributed by atoms with Gasteiger partial charge in [0, 0.05) is 5.69 Å². The van der Waals surface area contributed by atoms with Gasteiger partial charge < -0.3 is 10.5 Å². The average molecular weight is 313 g/mol. The van der Waals surface area contributed by atoms with Gasteiger partial charge in [0.1, 0.15) is 11.5 Å². The van der Waals surface area contributed by atoms with Gasteiger partial charge in [0.15, 0.2) is 0 Å². The van der Waals surface area contributed by atoms with Crippen molar-refractivity contribution in [2.24, 2.45) is 0 Å². The van der Waals surface area contributed by atoms with Crippen LogP contribution in [0.15, 0.2) is 36.4 Å². The van der Waals surface area contributed by atoms with Crippen molar-refractivity contribution in [1.29, 1.82) is 5.26 Å². The van der Waals surface area contributed by atoms with Crippen molar-refractivity contribution >= 4 is 17.3 Å². The second kappa shape index (κ2) is 5.54. The number of nitriles is 1. The molecule has 0 unspecified atom stereocenters. The first-order valence-corrected chi connectivity index (χ1v) is 6.03. The minimum absolute atomic E-state index is 0.0752. The Labute approximate surface area is 123 Å². The van der Waals surface area contributed by atoms with Crippen molar-refractivity contribution in [2.45, 2.75) is 6.18 Å². The van der Waals surface area contributed by atoms with Gasteiger partial charge in [-0.3, -0.25) is 0 Å². The van der Waals surface area contributed by atoms with Gasteiger partial charge in [-0.05, 0) is 36.4 Å². The number of ether oxygens (including phenoxy) is 1. The van der Waals surface area contributed by atoms with Crippen LogP contribution in [0.3, 0.4) is 0 Å². The largest absolute Gasteiger partial charge is 0.456 e. The fourth-order valence-corrected chi connectivity index (χ4v) is 1.88. The van der Waals surface area contributed by atoms with E-state index >= 15 is 0 Å². The normalized spacial score (nSPS) is 11.0. The SMILES string of the molecule is N#Cc1cc(Oc2ccc(N)cc2Cl)ccc1C(F)(F)F. The quantitative estimate of drug-likeness (QED) is 0.824. The molecule has 2 aromatic rings. The van der Waals surface area contributed by atoms with Crippen molar-refractivity contribution in [2.75, 3.05) is 5.73 Å². The summed E-state index contributed by atoms with van der Waals surface area (Å²) in [5.41, 5.74) is 4.42. The van der Waals surface area contributed by atoms with Crippen molar-refractivity contribution in [3.05, 3.63) is 52.5 Å². The van der Waals surface area contributed by atoms with E-state index in [-0.39, 0.29) is 16.5 Å². The zero-order valence-corrected chi connectivity index (χ0v) is 11.2. The Morgan fingerprint density at radius 1 is 1.14 bits per heavy atom. The van der Waals surface area contributed by atoms with Crippen LogP contribution in [0.25, 0.3) is 0 Å². The minimum Gasteiger partial charge on any atom is -0.456 e. The monoisotopic (exact) mass is 312 g/mol. The fraction of sp³-hybridized carbons (Fsp3) is 0.0714. The molecule has 21 heavy (non-hydrogen) atoms. The number of hydrogen-bond donors (Lipinski definition) is 1. The van der Waals surface area contributed by atoms with E-state index in [2.05, 4.69) is 0 Å². The highest BCUT2D eigenvalue weighted by molar-refractivity contribution is 6.32. The molecule has 0 saturated carbocycles. The highest BCUT2D eigenvalue weighted by Gasteiger charge is 2.33. The molecule has 0 aliphatic carbocycles. The maximum Gasteiger partial charge on any atom is 0.417 e. The van der Waals surface area contributed by atoms with E-state index in [0.29, 0.717) is 5.69 Å². The molecule has 0 radical (unpaired) electrons. The number of nitrogens with two attached hydrogens (primary N) is 1. The predicted molar refractivity (Wildman–Crippen MR) is 72.1 cm³/mol. The summed E-state index contributed by atoms with van der Waals surface area (Å²) in [7, 11) is 0. The molecular formula is C14H8ClF3N2O. The third-order valence-corrected chi connectivity index (χ3v) is 2.90. The first-order valence-electron chi connectivity index (χ1n) is 5.65. The molecule has 0 atom stereocenters. The molecule has 0 aliphatic rings. The highest BCUT2D eigenvalue weighted by Crippen LogP contribution is 2.36.